The van der Waals surface area contributed by atoms with E-state index in [-0.39, 0.29) is 6.04 Å². The molecule has 2 aromatic heterocycles. The minimum Gasteiger partial charge on any atom is -0.329 e. The molecule has 0 aliphatic carbocycles. The maximum atomic E-state index is 5.87. The molecule has 0 amide bonds. The minimum absolute atomic E-state index is 0.180. The third-order valence-corrected chi connectivity index (χ3v) is 3.02. The summed E-state index contributed by atoms with van der Waals surface area (Å²) in [5.41, 5.74) is 8.20. The molecule has 5 heteroatoms. The second-order valence-electron chi connectivity index (χ2n) is 4.48. The fourth-order valence-electron chi connectivity index (χ4n) is 2.07. The minimum atomic E-state index is 0.180. The Morgan fingerprint density at radius 3 is 2.83 bits per heavy atom. The predicted octanol–water partition coefficient (Wildman–Crippen LogP) is 0.947. The Bertz CT molecular complexity index is 479. The summed E-state index contributed by atoms with van der Waals surface area (Å²) in [7, 11) is 3.98. The Balaban J connectivity index is 2.08. The number of aryl methyl sites for hydroxylation is 1. The third-order valence-electron chi connectivity index (χ3n) is 3.02. The summed E-state index contributed by atoms with van der Waals surface area (Å²) in [5.74, 6) is 0. The lowest BCUT2D eigenvalue weighted by Gasteiger charge is -2.26. The molecule has 1 atom stereocenters. The van der Waals surface area contributed by atoms with Crippen molar-refractivity contribution < 1.29 is 0 Å². The van der Waals surface area contributed by atoms with Gasteiger partial charge in [-0.2, -0.15) is 5.10 Å². The van der Waals surface area contributed by atoms with Gasteiger partial charge >= 0.3 is 0 Å². The number of nitrogens with zero attached hydrogens (tertiary/aromatic N) is 4. The highest BCUT2D eigenvalue weighted by atomic mass is 15.2. The van der Waals surface area contributed by atoms with E-state index in [1.165, 1.54) is 5.56 Å². The van der Waals surface area contributed by atoms with Crippen LogP contribution in [0.25, 0.3) is 0 Å². The summed E-state index contributed by atoms with van der Waals surface area (Å²) >= 11 is 0. The van der Waals surface area contributed by atoms with E-state index in [9.17, 15) is 0 Å². The van der Waals surface area contributed by atoms with E-state index in [2.05, 4.69) is 28.1 Å². The van der Waals surface area contributed by atoms with E-state index >= 15 is 0 Å². The fourth-order valence-corrected chi connectivity index (χ4v) is 2.07. The third kappa shape index (κ3) is 2.94. The van der Waals surface area contributed by atoms with Gasteiger partial charge in [0.15, 0.2) is 0 Å². The molecule has 0 aromatic carbocycles. The maximum Gasteiger partial charge on any atom is 0.0538 e. The van der Waals surface area contributed by atoms with Crippen LogP contribution in [-0.2, 0) is 13.6 Å². The number of hydrogen-bond acceptors (Lipinski definition) is 4. The van der Waals surface area contributed by atoms with Crippen LogP contribution in [0.4, 0.5) is 0 Å². The van der Waals surface area contributed by atoms with Gasteiger partial charge in [-0.15, -0.1) is 0 Å². The van der Waals surface area contributed by atoms with Gasteiger partial charge in [-0.25, -0.2) is 0 Å². The van der Waals surface area contributed by atoms with Crippen molar-refractivity contribution in [2.45, 2.75) is 12.6 Å². The lowest BCUT2D eigenvalue weighted by atomic mass is 10.1. The van der Waals surface area contributed by atoms with Crippen LogP contribution < -0.4 is 5.73 Å². The van der Waals surface area contributed by atoms with Crippen molar-refractivity contribution in [2.24, 2.45) is 12.8 Å². The summed E-state index contributed by atoms with van der Waals surface area (Å²) in [4.78, 5) is 6.34. The zero-order chi connectivity index (χ0) is 13.0. The molecule has 1 unspecified atom stereocenters. The van der Waals surface area contributed by atoms with Crippen LogP contribution in [0.2, 0.25) is 0 Å². The highest BCUT2D eigenvalue weighted by Gasteiger charge is 2.17. The highest BCUT2D eigenvalue weighted by molar-refractivity contribution is 5.13. The Morgan fingerprint density at radius 1 is 1.44 bits per heavy atom. The molecule has 0 spiro atoms. The van der Waals surface area contributed by atoms with Gasteiger partial charge in [0.25, 0.3) is 0 Å². The van der Waals surface area contributed by atoms with E-state index in [1.807, 2.05) is 31.7 Å². The molecule has 0 aliphatic heterocycles. The van der Waals surface area contributed by atoms with Gasteiger partial charge in [-0.1, -0.05) is 6.07 Å². The quantitative estimate of drug-likeness (QED) is 0.852. The monoisotopic (exact) mass is 245 g/mol. The van der Waals surface area contributed by atoms with Crippen LogP contribution in [0, 0.1) is 0 Å². The van der Waals surface area contributed by atoms with Crippen LogP contribution in [0.5, 0.6) is 0 Å². The molecule has 2 N–H and O–H groups in total. The first-order valence-corrected chi connectivity index (χ1v) is 5.98. The van der Waals surface area contributed by atoms with E-state index in [0.717, 1.165) is 12.1 Å². The molecule has 0 radical (unpaired) electrons. The number of aromatic nitrogens is 3. The standard InChI is InChI=1S/C13H19N5/c1-17(9-11-4-3-5-15-7-11)13(6-14)12-8-16-18(2)10-12/h3-5,7-8,10,13H,6,9,14H2,1-2H3. The Kier molecular flexibility index (Phi) is 4.07. The average molecular weight is 245 g/mol. The fraction of sp³-hybridized carbons (Fsp3) is 0.385. The molecule has 0 fully saturated rings. The summed E-state index contributed by atoms with van der Waals surface area (Å²) in [5, 5.41) is 4.20. The summed E-state index contributed by atoms with van der Waals surface area (Å²) in [6, 6.07) is 4.20. The number of hydrogen-bond donors (Lipinski definition) is 1. The molecule has 2 heterocycles. The van der Waals surface area contributed by atoms with Gasteiger partial charge < -0.3 is 5.73 Å². The molecule has 0 aliphatic rings. The van der Waals surface area contributed by atoms with Crippen molar-refractivity contribution in [1.82, 2.24) is 19.7 Å². The molecule has 96 valence electrons. The van der Waals surface area contributed by atoms with Crippen LogP contribution in [-0.4, -0.2) is 33.3 Å². The van der Waals surface area contributed by atoms with Crippen molar-refractivity contribution in [3.8, 4) is 0 Å². The molecule has 0 saturated heterocycles. The van der Waals surface area contributed by atoms with Gasteiger partial charge in [0.05, 0.1) is 12.2 Å². The summed E-state index contributed by atoms with van der Waals surface area (Å²) in [6.45, 7) is 1.40. The van der Waals surface area contributed by atoms with Crippen LogP contribution in [0.15, 0.2) is 36.9 Å². The first-order chi connectivity index (χ1) is 8.70. The van der Waals surface area contributed by atoms with Crippen molar-refractivity contribution in [2.75, 3.05) is 13.6 Å². The number of likely N-dealkylation sites (N-methyl/N-ethyl adjacent to an activating group) is 1. The number of nitrogens with two attached hydrogens (primary N) is 1. The highest BCUT2D eigenvalue weighted by Crippen LogP contribution is 2.19. The van der Waals surface area contributed by atoms with Crippen LogP contribution in [0.1, 0.15) is 17.2 Å². The SMILES string of the molecule is CN(Cc1cccnc1)C(CN)c1cnn(C)c1. The van der Waals surface area contributed by atoms with Crippen molar-refractivity contribution in [3.63, 3.8) is 0 Å². The van der Waals surface area contributed by atoms with E-state index in [0.29, 0.717) is 6.54 Å². The Hall–Kier alpha value is -1.72. The predicted molar refractivity (Wildman–Crippen MR) is 70.7 cm³/mol. The molecular weight excluding hydrogens is 226 g/mol. The second kappa shape index (κ2) is 5.75. The van der Waals surface area contributed by atoms with Gasteiger partial charge in [0.2, 0.25) is 0 Å². The average Bonchev–Trinajstić information content (AvgIpc) is 2.78. The summed E-state index contributed by atoms with van der Waals surface area (Å²) in [6.07, 6.45) is 7.55. The number of pyridine rings is 1. The Labute approximate surface area is 107 Å². The molecule has 5 nitrogen and oxygen atoms in total. The normalized spacial score (nSPS) is 12.9. The molecule has 2 aromatic rings. The second-order valence-corrected chi connectivity index (χ2v) is 4.48. The lowest BCUT2D eigenvalue weighted by Crippen LogP contribution is -2.30. The van der Waals surface area contributed by atoms with Crippen molar-refractivity contribution >= 4 is 0 Å². The van der Waals surface area contributed by atoms with Gasteiger partial charge in [0.1, 0.15) is 0 Å². The molecule has 0 bridgehead atoms. The van der Waals surface area contributed by atoms with Gasteiger partial charge in [0, 0.05) is 44.3 Å². The topological polar surface area (TPSA) is 60.0 Å². The van der Waals surface area contributed by atoms with Crippen molar-refractivity contribution in [3.05, 3.63) is 48.0 Å². The lowest BCUT2D eigenvalue weighted by molar-refractivity contribution is 0.241. The van der Waals surface area contributed by atoms with Gasteiger partial charge in [-0.05, 0) is 18.7 Å². The van der Waals surface area contributed by atoms with Crippen LogP contribution in [0.3, 0.4) is 0 Å². The smallest absolute Gasteiger partial charge is 0.0538 e. The molecule has 18 heavy (non-hydrogen) atoms. The Morgan fingerprint density at radius 2 is 2.28 bits per heavy atom. The first kappa shape index (κ1) is 12.7. The summed E-state index contributed by atoms with van der Waals surface area (Å²) < 4.78 is 1.80. The molecular formula is C13H19N5. The van der Waals surface area contributed by atoms with E-state index < -0.39 is 0 Å². The maximum absolute atomic E-state index is 5.87. The van der Waals surface area contributed by atoms with E-state index in [4.69, 9.17) is 5.73 Å². The largest absolute Gasteiger partial charge is 0.329 e. The van der Waals surface area contributed by atoms with Gasteiger partial charge in [-0.3, -0.25) is 14.6 Å². The zero-order valence-corrected chi connectivity index (χ0v) is 10.8. The zero-order valence-electron chi connectivity index (χ0n) is 10.8. The first-order valence-electron chi connectivity index (χ1n) is 5.98. The molecule has 2 rings (SSSR count). The number of rotatable bonds is 5. The van der Waals surface area contributed by atoms with Crippen LogP contribution >= 0.6 is 0 Å². The molecule has 0 saturated carbocycles. The van der Waals surface area contributed by atoms with E-state index in [1.54, 1.807) is 10.9 Å². The van der Waals surface area contributed by atoms with Crippen molar-refractivity contribution in [1.29, 1.82) is 0 Å².